The molecule has 0 saturated heterocycles. The average molecular weight is 431 g/mol. The Labute approximate surface area is 171 Å². The Bertz CT molecular complexity index is 1190. The third-order valence-corrected chi connectivity index (χ3v) is 6.84. The molecule has 1 amide bonds. The highest BCUT2D eigenvalue weighted by molar-refractivity contribution is 7.89. The average Bonchev–Trinajstić information content (AvgIpc) is 3.36. The van der Waals surface area contributed by atoms with E-state index >= 15 is 0 Å². The number of sulfonamides is 1. The van der Waals surface area contributed by atoms with Crippen LogP contribution in [0, 0.1) is 0 Å². The first-order valence-corrected chi connectivity index (χ1v) is 10.9. The van der Waals surface area contributed by atoms with Gasteiger partial charge in [-0.25, -0.2) is 17.7 Å². The Morgan fingerprint density at radius 2 is 1.93 bits per heavy atom. The molecule has 0 atom stereocenters. The molecule has 10 heteroatoms. The van der Waals surface area contributed by atoms with Crippen molar-refractivity contribution in [3.05, 3.63) is 53.4 Å². The first-order valence-electron chi connectivity index (χ1n) is 8.54. The van der Waals surface area contributed by atoms with Gasteiger partial charge in [-0.05, 0) is 36.4 Å². The molecule has 150 valence electrons. The summed E-state index contributed by atoms with van der Waals surface area (Å²) >= 11 is 1.27. The quantitative estimate of drug-likeness (QED) is 0.667. The standard InChI is InChI=1S/C19H17N3O5S2/c1-22(2)29(24,25)14-5-3-4-13(8-14)18(23)21-19-20-15(10-28-19)12-6-7-16-17(9-12)27-11-26-16/h3-10H,11H2,1-2H3,(H,20,21,23). The maximum absolute atomic E-state index is 12.6. The number of ether oxygens (including phenoxy) is 2. The number of hydrogen-bond acceptors (Lipinski definition) is 7. The van der Waals surface area contributed by atoms with Gasteiger partial charge < -0.3 is 9.47 Å². The van der Waals surface area contributed by atoms with E-state index in [-0.39, 0.29) is 17.3 Å². The van der Waals surface area contributed by atoms with E-state index in [9.17, 15) is 13.2 Å². The molecular weight excluding hydrogens is 414 g/mol. The fourth-order valence-corrected chi connectivity index (χ4v) is 4.36. The van der Waals surface area contributed by atoms with Gasteiger partial charge in [0.1, 0.15) is 0 Å². The van der Waals surface area contributed by atoms with Gasteiger partial charge in [-0.2, -0.15) is 0 Å². The number of rotatable bonds is 5. The lowest BCUT2D eigenvalue weighted by atomic mass is 10.1. The summed E-state index contributed by atoms with van der Waals surface area (Å²) < 4.78 is 36.3. The Morgan fingerprint density at radius 1 is 1.14 bits per heavy atom. The lowest BCUT2D eigenvalue weighted by molar-refractivity contribution is 0.102. The highest BCUT2D eigenvalue weighted by atomic mass is 32.2. The van der Waals surface area contributed by atoms with E-state index in [1.54, 1.807) is 6.07 Å². The predicted octanol–water partition coefficient (Wildman–Crippen LogP) is 3.04. The van der Waals surface area contributed by atoms with Gasteiger partial charge in [0.15, 0.2) is 16.6 Å². The van der Waals surface area contributed by atoms with Crippen LogP contribution in [0.3, 0.4) is 0 Å². The molecule has 0 saturated carbocycles. The lowest BCUT2D eigenvalue weighted by Gasteiger charge is -2.12. The number of carbonyl (C=O) groups excluding carboxylic acids is 1. The monoisotopic (exact) mass is 431 g/mol. The molecule has 0 bridgehead atoms. The minimum atomic E-state index is -3.62. The van der Waals surface area contributed by atoms with Crippen LogP contribution in [0.1, 0.15) is 10.4 Å². The van der Waals surface area contributed by atoms with Gasteiger partial charge in [-0.15, -0.1) is 11.3 Å². The molecular formula is C19H17N3O5S2. The molecule has 0 unspecified atom stereocenters. The van der Waals surface area contributed by atoms with Crippen LogP contribution in [-0.4, -0.2) is 44.5 Å². The van der Waals surface area contributed by atoms with Crippen LogP contribution in [0.15, 0.2) is 52.7 Å². The number of benzene rings is 2. The number of nitrogens with one attached hydrogen (secondary N) is 1. The summed E-state index contributed by atoms with van der Waals surface area (Å²) in [5.41, 5.74) is 1.75. The summed E-state index contributed by atoms with van der Waals surface area (Å²) in [5, 5.41) is 4.94. The third-order valence-electron chi connectivity index (χ3n) is 4.27. The van der Waals surface area contributed by atoms with E-state index in [2.05, 4.69) is 10.3 Å². The molecule has 2 heterocycles. The topological polar surface area (TPSA) is 97.8 Å². The second-order valence-electron chi connectivity index (χ2n) is 6.38. The maximum atomic E-state index is 12.6. The molecule has 8 nitrogen and oxygen atoms in total. The van der Waals surface area contributed by atoms with Crippen molar-refractivity contribution in [3.63, 3.8) is 0 Å². The molecule has 2 aromatic carbocycles. The first-order chi connectivity index (χ1) is 13.8. The number of hydrogen-bond donors (Lipinski definition) is 1. The van der Waals surface area contributed by atoms with Crippen molar-refractivity contribution < 1.29 is 22.7 Å². The van der Waals surface area contributed by atoms with Gasteiger partial charge >= 0.3 is 0 Å². The second-order valence-corrected chi connectivity index (χ2v) is 9.39. The van der Waals surface area contributed by atoms with Crippen molar-refractivity contribution in [2.45, 2.75) is 4.90 Å². The summed E-state index contributed by atoms with van der Waals surface area (Å²) in [6, 6.07) is 11.4. The number of amides is 1. The molecule has 1 aliphatic rings. The van der Waals surface area contributed by atoms with E-state index < -0.39 is 15.9 Å². The van der Waals surface area contributed by atoms with Crippen molar-refractivity contribution in [1.29, 1.82) is 0 Å². The van der Waals surface area contributed by atoms with Crippen molar-refractivity contribution >= 4 is 32.4 Å². The number of aromatic nitrogens is 1. The maximum Gasteiger partial charge on any atom is 0.257 e. The van der Waals surface area contributed by atoms with Crippen molar-refractivity contribution in [1.82, 2.24) is 9.29 Å². The Balaban J connectivity index is 1.53. The van der Waals surface area contributed by atoms with Gasteiger partial charge in [0.05, 0.1) is 10.6 Å². The zero-order valence-corrected chi connectivity index (χ0v) is 17.2. The molecule has 0 spiro atoms. The van der Waals surface area contributed by atoms with Gasteiger partial charge in [0.25, 0.3) is 5.91 Å². The van der Waals surface area contributed by atoms with E-state index in [1.807, 2.05) is 23.6 Å². The van der Waals surface area contributed by atoms with Crippen LogP contribution < -0.4 is 14.8 Å². The zero-order chi connectivity index (χ0) is 20.6. The molecule has 0 aliphatic carbocycles. The molecule has 29 heavy (non-hydrogen) atoms. The SMILES string of the molecule is CN(C)S(=O)(=O)c1cccc(C(=O)Nc2nc(-c3ccc4c(c3)OCO4)cs2)c1. The smallest absolute Gasteiger partial charge is 0.257 e. The van der Waals surface area contributed by atoms with Crippen LogP contribution in [0.5, 0.6) is 11.5 Å². The zero-order valence-electron chi connectivity index (χ0n) is 15.6. The third kappa shape index (κ3) is 3.82. The highest BCUT2D eigenvalue weighted by Gasteiger charge is 2.19. The number of nitrogens with zero attached hydrogens (tertiary/aromatic N) is 2. The summed E-state index contributed by atoms with van der Waals surface area (Å²) in [7, 11) is -0.745. The molecule has 0 fully saturated rings. The van der Waals surface area contributed by atoms with Crippen LogP contribution >= 0.6 is 11.3 Å². The second kappa shape index (κ2) is 7.47. The molecule has 1 aliphatic heterocycles. The largest absolute Gasteiger partial charge is 0.454 e. The van der Waals surface area contributed by atoms with Gasteiger partial charge in [0.2, 0.25) is 16.8 Å². The van der Waals surface area contributed by atoms with Crippen LogP contribution in [0.25, 0.3) is 11.3 Å². The van der Waals surface area contributed by atoms with Gasteiger partial charge in [-0.1, -0.05) is 6.07 Å². The normalized spacial score (nSPS) is 12.9. The fourth-order valence-electron chi connectivity index (χ4n) is 2.70. The van der Waals surface area contributed by atoms with Crippen LogP contribution in [0.4, 0.5) is 5.13 Å². The minimum Gasteiger partial charge on any atom is -0.454 e. The Hall–Kier alpha value is -2.95. The van der Waals surface area contributed by atoms with Crippen molar-refractivity contribution in [2.75, 3.05) is 26.2 Å². The van der Waals surface area contributed by atoms with Crippen LogP contribution in [-0.2, 0) is 10.0 Å². The Kier molecular flexibility index (Phi) is 4.99. The van der Waals surface area contributed by atoms with Gasteiger partial charge in [-0.3, -0.25) is 10.1 Å². The number of carbonyl (C=O) groups is 1. The fraction of sp³-hybridized carbons (Fsp3) is 0.158. The molecule has 3 aromatic rings. The minimum absolute atomic E-state index is 0.0512. The molecule has 1 aromatic heterocycles. The van der Waals surface area contributed by atoms with Gasteiger partial charge in [0, 0.05) is 30.6 Å². The van der Waals surface area contributed by atoms with Crippen molar-refractivity contribution in [2.24, 2.45) is 0 Å². The number of fused-ring (bicyclic) bond motifs is 1. The first kappa shape index (κ1) is 19.4. The van der Waals surface area contributed by atoms with E-state index in [0.29, 0.717) is 22.3 Å². The van der Waals surface area contributed by atoms with E-state index in [0.717, 1.165) is 9.87 Å². The summed E-state index contributed by atoms with van der Waals surface area (Å²) in [6.45, 7) is 0.194. The highest BCUT2D eigenvalue weighted by Crippen LogP contribution is 2.36. The number of thiazole rings is 1. The summed E-state index contributed by atoms with van der Waals surface area (Å²) in [5.74, 6) is 0.900. The summed E-state index contributed by atoms with van der Waals surface area (Å²) in [4.78, 5) is 17.1. The van der Waals surface area contributed by atoms with E-state index in [1.165, 1.54) is 43.6 Å². The van der Waals surface area contributed by atoms with Crippen molar-refractivity contribution in [3.8, 4) is 22.8 Å². The Morgan fingerprint density at radius 3 is 2.72 bits per heavy atom. The molecule has 0 radical (unpaired) electrons. The van der Waals surface area contributed by atoms with E-state index in [4.69, 9.17) is 9.47 Å². The predicted molar refractivity (Wildman–Crippen MR) is 109 cm³/mol. The summed E-state index contributed by atoms with van der Waals surface area (Å²) in [6.07, 6.45) is 0. The van der Waals surface area contributed by atoms with Crippen LogP contribution in [0.2, 0.25) is 0 Å². The lowest BCUT2D eigenvalue weighted by Crippen LogP contribution is -2.22. The number of anilines is 1. The molecule has 4 rings (SSSR count). The molecule has 1 N–H and O–H groups in total.